The van der Waals surface area contributed by atoms with Crippen molar-refractivity contribution in [2.45, 2.75) is 31.6 Å². The topological polar surface area (TPSA) is 44.2 Å². The van der Waals surface area contributed by atoms with Crippen LogP contribution in [0.1, 0.15) is 37.3 Å². The van der Waals surface area contributed by atoms with Crippen LogP contribution < -0.4 is 9.47 Å². The summed E-state index contributed by atoms with van der Waals surface area (Å²) in [6, 6.07) is 7.63. The average molecular weight is 303 g/mol. The first kappa shape index (κ1) is 12.9. The van der Waals surface area contributed by atoms with E-state index in [9.17, 15) is 0 Å². The second-order valence-corrected chi connectivity index (χ2v) is 5.88. The van der Waals surface area contributed by atoms with E-state index in [1.807, 2.05) is 24.3 Å². The minimum absolute atomic E-state index is 0.266. The molecule has 0 N–H and O–H groups in total. The Labute approximate surface area is 128 Å². The van der Waals surface area contributed by atoms with E-state index < -0.39 is 0 Å². The molecule has 5 heteroatoms. The summed E-state index contributed by atoms with van der Waals surface area (Å²) in [5.74, 6) is 2.66. The lowest BCUT2D eigenvalue weighted by molar-refractivity contribution is 0.174. The van der Waals surface area contributed by atoms with Gasteiger partial charge in [0.1, 0.15) is 5.15 Å². The van der Waals surface area contributed by atoms with Crippen LogP contribution in [0.2, 0.25) is 5.15 Å². The molecule has 21 heavy (non-hydrogen) atoms. The summed E-state index contributed by atoms with van der Waals surface area (Å²) in [5.41, 5.74) is 1.96. The first-order valence-electron chi connectivity index (χ1n) is 7.24. The number of aromatic nitrogens is 2. The third kappa shape index (κ3) is 2.44. The van der Waals surface area contributed by atoms with Crippen LogP contribution in [0.25, 0.3) is 11.4 Å². The molecule has 0 atom stereocenters. The quantitative estimate of drug-likeness (QED) is 0.781. The maximum atomic E-state index is 6.19. The van der Waals surface area contributed by atoms with E-state index in [-0.39, 0.29) is 6.79 Å². The van der Waals surface area contributed by atoms with Crippen molar-refractivity contribution in [1.29, 1.82) is 0 Å². The van der Waals surface area contributed by atoms with Crippen LogP contribution in [-0.4, -0.2) is 16.8 Å². The lowest BCUT2D eigenvalue weighted by Gasteiger charge is -2.11. The molecule has 2 heterocycles. The van der Waals surface area contributed by atoms with Crippen LogP contribution in [-0.2, 0) is 0 Å². The number of hydrogen-bond donors (Lipinski definition) is 0. The first-order chi connectivity index (χ1) is 10.3. The summed E-state index contributed by atoms with van der Waals surface area (Å²) in [4.78, 5) is 9.08. The van der Waals surface area contributed by atoms with Crippen molar-refractivity contribution < 1.29 is 9.47 Å². The molecule has 2 aromatic rings. The van der Waals surface area contributed by atoms with E-state index in [1.165, 1.54) is 25.7 Å². The maximum absolute atomic E-state index is 6.19. The first-order valence-corrected chi connectivity index (χ1v) is 7.62. The number of rotatable bonds is 2. The summed E-state index contributed by atoms with van der Waals surface area (Å²) in [7, 11) is 0. The van der Waals surface area contributed by atoms with E-state index in [0.717, 1.165) is 22.8 Å². The fraction of sp³-hybridized carbons (Fsp3) is 0.375. The molecule has 108 valence electrons. The van der Waals surface area contributed by atoms with Crippen molar-refractivity contribution in [2.75, 3.05) is 6.79 Å². The molecule has 1 fully saturated rings. The van der Waals surface area contributed by atoms with Gasteiger partial charge < -0.3 is 9.47 Å². The van der Waals surface area contributed by atoms with Gasteiger partial charge >= 0.3 is 0 Å². The molecule has 0 amide bonds. The van der Waals surface area contributed by atoms with E-state index in [2.05, 4.69) is 4.98 Å². The molecule has 4 rings (SSSR count). The lowest BCUT2D eigenvalue weighted by atomic mass is 10.0. The summed E-state index contributed by atoms with van der Waals surface area (Å²) >= 11 is 6.19. The monoisotopic (exact) mass is 302 g/mol. The summed E-state index contributed by atoms with van der Waals surface area (Å²) in [6.45, 7) is 0.266. The second-order valence-electron chi connectivity index (χ2n) is 5.49. The average Bonchev–Trinajstić information content (AvgIpc) is 3.17. The van der Waals surface area contributed by atoms with E-state index >= 15 is 0 Å². The summed E-state index contributed by atoms with van der Waals surface area (Å²) in [6.07, 6.45) is 4.92. The largest absolute Gasteiger partial charge is 0.454 e. The van der Waals surface area contributed by atoms with Gasteiger partial charge in [-0.2, -0.15) is 0 Å². The molecular weight excluding hydrogens is 288 g/mol. The Morgan fingerprint density at radius 2 is 1.81 bits per heavy atom. The molecule has 1 aromatic carbocycles. The van der Waals surface area contributed by atoms with Gasteiger partial charge in [0.15, 0.2) is 17.3 Å². The zero-order valence-corrected chi connectivity index (χ0v) is 12.3. The summed E-state index contributed by atoms with van der Waals surface area (Å²) < 4.78 is 10.7. The fourth-order valence-corrected chi connectivity index (χ4v) is 3.22. The van der Waals surface area contributed by atoms with Crippen molar-refractivity contribution >= 4 is 11.6 Å². The second kappa shape index (κ2) is 5.19. The van der Waals surface area contributed by atoms with Crippen LogP contribution >= 0.6 is 11.6 Å². The van der Waals surface area contributed by atoms with Crippen molar-refractivity contribution in [3.8, 4) is 22.9 Å². The Kier molecular flexibility index (Phi) is 3.19. The smallest absolute Gasteiger partial charge is 0.231 e. The van der Waals surface area contributed by atoms with E-state index in [4.69, 9.17) is 26.1 Å². The highest BCUT2D eigenvalue weighted by atomic mass is 35.5. The molecular formula is C16H15ClN2O2. The Balaban J connectivity index is 1.74. The highest BCUT2D eigenvalue weighted by molar-refractivity contribution is 6.29. The molecule has 1 saturated carbocycles. The Bertz CT molecular complexity index is 684. The Morgan fingerprint density at radius 1 is 1.00 bits per heavy atom. The van der Waals surface area contributed by atoms with Crippen LogP contribution in [0.15, 0.2) is 24.3 Å². The van der Waals surface area contributed by atoms with Gasteiger partial charge in [0.05, 0.1) is 0 Å². The lowest BCUT2D eigenvalue weighted by Crippen LogP contribution is -2.00. The van der Waals surface area contributed by atoms with Gasteiger partial charge in [-0.1, -0.05) is 24.4 Å². The van der Waals surface area contributed by atoms with Gasteiger partial charge in [-0.15, -0.1) is 0 Å². The molecule has 0 spiro atoms. The van der Waals surface area contributed by atoms with Crippen molar-refractivity contribution in [3.63, 3.8) is 0 Å². The van der Waals surface area contributed by atoms with Gasteiger partial charge in [0, 0.05) is 17.2 Å². The Hall–Kier alpha value is -1.81. The minimum Gasteiger partial charge on any atom is -0.454 e. The number of halogens is 1. The van der Waals surface area contributed by atoms with E-state index in [1.54, 1.807) is 0 Å². The van der Waals surface area contributed by atoms with Gasteiger partial charge in [-0.25, -0.2) is 9.97 Å². The highest BCUT2D eigenvalue weighted by Gasteiger charge is 2.21. The van der Waals surface area contributed by atoms with Crippen molar-refractivity contribution in [2.24, 2.45) is 0 Å². The van der Waals surface area contributed by atoms with Crippen molar-refractivity contribution in [1.82, 2.24) is 9.97 Å². The molecule has 1 aliphatic carbocycles. The predicted molar refractivity (Wildman–Crippen MR) is 79.8 cm³/mol. The zero-order valence-electron chi connectivity index (χ0n) is 11.5. The molecule has 2 aliphatic rings. The fourth-order valence-electron chi connectivity index (χ4n) is 3.03. The standard InChI is InChI=1S/C16H15ClN2O2/c17-15-8-12(10-3-1-2-4-10)18-16(19-15)11-5-6-13-14(7-11)21-9-20-13/h5-8,10H,1-4,9H2. The molecule has 0 radical (unpaired) electrons. The van der Waals surface area contributed by atoms with Crippen LogP contribution in [0.3, 0.4) is 0 Å². The van der Waals surface area contributed by atoms with Crippen LogP contribution in [0.5, 0.6) is 11.5 Å². The highest BCUT2D eigenvalue weighted by Crippen LogP contribution is 2.37. The SMILES string of the molecule is Clc1cc(C2CCCC2)nc(-c2ccc3c(c2)OCO3)n1. The van der Waals surface area contributed by atoms with Crippen LogP contribution in [0, 0.1) is 0 Å². The number of nitrogens with zero attached hydrogens (tertiary/aromatic N) is 2. The maximum Gasteiger partial charge on any atom is 0.231 e. The number of benzene rings is 1. The van der Waals surface area contributed by atoms with Gasteiger partial charge in [-0.05, 0) is 37.1 Å². The molecule has 4 nitrogen and oxygen atoms in total. The Morgan fingerprint density at radius 3 is 2.67 bits per heavy atom. The third-order valence-corrected chi connectivity index (χ3v) is 4.31. The molecule has 0 bridgehead atoms. The predicted octanol–water partition coefficient (Wildman–Crippen LogP) is 4.18. The van der Waals surface area contributed by atoms with Gasteiger partial charge in [0.25, 0.3) is 0 Å². The normalized spacial score (nSPS) is 17.4. The van der Waals surface area contributed by atoms with Gasteiger partial charge in [-0.3, -0.25) is 0 Å². The summed E-state index contributed by atoms with van der Waals surface area (Å²) in [5, 5.41) is 0.500. The molecule has 1 aliphatic heterocycles. The molecule has 0 saturated heterocycles. The third-order valence-electron chi connectivity index (χ3n) is 4.12. The molecule has 1 aromatic heterocycles. The van der Waals surface area contributed by atoms with Gasteiger partial charge in [0.2, 0.25) is 6.79 Å². The van der Waals surface area contributed by atoms with Crippen molar-refractivity contribution in [3.05, 3.63) is 35.1 Å². The minimum atomic E-state index is 0.266. The molecule has 0 unspecified atom stereocenters. The van der Waals surface area contributed by atoms with Crippen LogP contribution in [0.4, 0.5) is 0 Å². The number of hydrogen-bond acceptors (Lipinski definition) is 4. The zero-order chi connectivity index (χ0) is 14.2. The van der Waals surface area contributed by atoms with E-state index in [0.29, 0.717) is 16.9 Å². The number of ether oxygens (including phenoxy) is 2. The number of fused-ring (bicyclic) bond motifs is 1.